The van der Waals surface area contributed by atoms with Crippen LogP contribution in [0.5, 0.6) is 5.75 Å². The molecule has 6 nitrogen and oxygen atoms in total. The summed E-state index contributed by atoms with van der Waals surface area (Å²) in [5.74, 6) is 0.432. The van der Waals surface area contributed by atoms with Gasteiger partial charge in [-0.25, -0.2) is 0 Å². The van der Waals surface area contributed by atoms with Crippen molar-refractivity contribution in [1.82, 2.24) is 4.90 Å². The Kier molecular flexibility index (Phi) is 4.76. The predicted molar refractivity (Wildman–Crippen MR) is 91.9 cm³/mol. The van der Waals surface area contributed by atoms with Gasteiger partial charge in [0.2, 0.25) is 5.91 Å². The van der Waals surface area contributed by atoms with Gasteiger partial charge in [-0.3, -0.25) is 14.5 Å². The second-order valence-electron chi connectivity index (χ2n) is 6.64. The highest BCUT2D eigenvalue weighted by atomic mass is 16.5. The zero-order valence-corrected chi connectivity index (χ0v) is 14.3. The van der Waals surface area contributed by atoms with Crippen LogP contribution in [0, 0.1) is 0 Å². The molecule has 0 spiro atoms. The molecule has 1 saturated heterocycles. The van der Waals surface area contributed by atoms with Gasteiger partial charge >= 0.3 is 0 Å². The van der Waals surface area contributed by atoms with Crippen molar-refractivity contribution in [2.24, 2.45) is 5.73 Å². The highest BCUT2D eigenvalue weighted by molar-refractivity contribution is 6.03. The second kappa shape index (κ2) is 6.81. The molecule has 1 fully saturated rings. The number of fused-ring (bicyclic) bond motifs is 1. The Labute approximate surface area is 142 Å². The highest BCUT2D eigenvalue weighted by Crippen LogP contribution is 2.36. The molecule has 1 aromatic carbocycles. The average molecular weight is 331 g/mol. The first-order valence-electron chi connectivity index (χ1n) is 8.62. The summed E-state index contributed by atoms with van der Waals surface area (Å²) < 4.78 is 5.68. The maximum absolute atomic E-state index is 12.6. The Morgan fingerprint density at radius 3 is 2.71 bits per heavy atom. The molecule has 2 aliphatic heterocycles. The largest absolute Gasteiger partial charge is 0.479 e. The van der Waals surface area contributed by atoms with Crippen molar-refractivity contribution in [1.29, 1.82) is 0 Å². The molecule has 2 atom stereocenters. The van der Waals surface area contributed by atoms with Crippen molar-refractivity contribution in [3.05, 3.63) is 23.8 Å². The van der Waals surface area contributed by atoms with Crippen molar-refractivity contribution in [2.75, 3.05) is 24.5 Å². The summed E-state index contributed by atoms with van der Waals surface area (Å²) in [5, 5.41) is 0. The van der Waals surface area contributed by atoms with Crippen LogP contribution in [0.2, 0.25) is 0 Å². The fraction of sp³-hybridized carbons (Fsp3) is 0.556. The first-order valence-corrected chi connectivity index (χ1v) is 8.62. The van der Waals surface area contributed by atoms with Crippen LogP contribution < -0.4 is 15.4 Å². The van der Waals surface area contributed by atoms with Crippen molar-refractivity contribution in [2.45, 2.75) is 45.3 Å². The topological polar surface area (TPSA) is 75.9 Å². The number of anilines is 1. The molecule has 0 radical (unpaired) electrons. The molecule has 0 saturated carbocycles. The maximum atomic E-state index is 12.6. The summed E-state index contributed by atoms with van der Waals surface area (Å²) in [6.45, 7) is 5.21. The van der Waals surface area contributed by atoms with Crippen molar-refractivity contribution in [3.63, 3.8) is 0 Å². The van der Waals surface area contributed by atoms with E-state index in [2.05, 4.69) is 0 Å². The minimum atomic E-state index is -0.590. The number of piperidine rings is 1. The molecule has 0 aliphatic carbocycles. The van der Waals surface area contributed by atoms with Crippen molar-refractivity contribution in [3.8, 4) is 5.75 Å². The molecule has 2 amide bonds. The molecule has 24 heavy (non-hydrogen) atoms. The van der Waals surface area contributed by atoms with Gasteiger partial charge in [-0.1, -0.05) is 6.07 Å². The number of rotatable bonds is 3. The summed E-state index contributed by atoms with van der Waals surface area (Å²) in [6.07, 6.45) is 2.64. The molecule has 6 heteroatoms. The molecule has 2 aliphatic rings. The molecule has 0 bridgehead atoms. The number of carbonyl (C=O) groups excluding carboxylic acids is 2. The Hall–Kier alpha value is -2.08. The van der Waals surface area contributed by atoms with E-state index in [1.54, 1.807) is 11.8 Å². The number of nitrogens with zero attached hydrogens (tertiary/aromatic N) is 2. The number of hydrogen-bond acceptors (Lipinski definition) is 4. The molecular formula is C18H25N3O3. The number of hydrogen-bond donors (Lipinski definition) is 1. The lowest BCUT2D eigenvalue weighted by molar-refractivity contribution is -0.133. The quantitative estimate of drug-likeness (QED) is 0.917. The van der Waals surface area contributed by atoms with Crippen LogP contribution in [-0.4, -0.2) is 42.5 Å². The minimum Gasteiger partial charge on any atom is -0.479 e. The molecule has 1 aromatic rings. The van der Waals surface area contributed by atoms with Crippen LogP contribution in [0.3, 0.4) is 0 Å². The smallest absolute Gasteiger partial charge is 0.268 e. The predicted octanol–water partition coefficient (Wildman–Crippen LogP) is 1.83. The first kappa shape index (κ1) is 16.8. The average Bonchev–Trinajstić information content (AvgIpc) is 2.59. The molecule has 3 rings (SSSR count). The lowest BCUT2D eigenvalue weighted by Gasteiger charge is -2.35. The maximum Gasteiger partial charge on any atom is 0.268 e. The monoisotopic (exact) mass is 331 g/mol. The van der Waals surface area contributed by atoms with E-state index >= 15 is 0 Å². The number of benzene rings is 1. The number of amides is 2. The molecule has 130 valence electrons. The Morgan fingerprint density at radius 1 is 1.33 bits per heavy atom. The van der Waals surface area contributed by atoms with Gasteiger partial charge in [0.1, 0.15) is 12.3 Å². The van der Waals surface area contributed by atoms with E-state index < -0.39 is 6.10 Å². The van der Waals surface area contributed by atoms with E-state index in [9.17, 15) is 9.59 Å². The zero-order chi connectivity index (χ0) is 17.3. The SMILES string of the molecule is CC1Oc2ccc(C(C)N)cc2N(CC(=O)N2CCCCC2)C1=O. The van der Waals surface area contributed by atoms with Crippen LogP contribution in [-0.2, 0) is 9.59 Å². The molecule has 2 heterocycles. The number of nitrogens with two attached hydrogens (primary N) is 1. The Bertz CT molecular complexity index is 638. The van der Waals surface area contributed by atoms with Crippen LogP contribution in [0.25, 0.3) is 0 Å². The number of carbonyl (C=O) groups is 2. The van der Waals surface area contributed by atoms with Crippen molar-refractivity contribution >= 4 is 17.5 Å². The Morgan fingerprint density at radius 2 is 2.04 bits per heavy atom. The van der Waals surface area contributed by atoms with Gasteiger partial charge in [0.15, 0.2) is 6.10 Å². The van der Waals surface area contributed by atoms with Gasteiger partial charge in [0.25, 0.3) is 5.91 Å². The third-order valence-corrected chi connectivity index (χ3v) is 4.72. The standard InChI is InChI=1S/C18H25N3O3/c1-12(19)14-6-7-16-15(10-14)21(18(23)13(2)24-16)11-17(22)20-8-4-3-5-9-20/h6-7,10,12-13H,3-5,8-9,11,19H2,1-2H3. The highest BCUT2D eigenvalue weighted by Gasteiger charge is 2.34. The third-order valence-electron chi connectivity index (χ3n) is 4.72. The number of ether oxygens (including phenoxy) is 1. The zero-order valence-electron chi connectivity index (χ0n) is 14.3. The van der Waals surface area contributed by atoms with Gasteiger partial charge < -0.3 is 15.4 Å². The van der Waals surface area contributed by atoms with E-state index in [0.717, 1.165) is 37.9 Å². The Balaban J connectivity index is 1.87. The minimum absolute atomic E-state index is 0.00528. The summed E-state index contributed by atoms with van der Waals surface area (Å²) in [5.41, 5.74) is 7.50. The fourth-order valence-electron chi connectivity index (χ4n) is 3.25. The summed E-state index contributed by atoms with van der Waals surface area (Å²) in [7, 11) is 0. The summed E-state index contributed by atoms with van der Waals surface area (Å²) >= 11 is 0. The van der Waals surface area contributed by atoms with E-state index in [1.807, 2.05) is 30.0 Å². The summed E-state index contributed by atoms with van der Waals surface area (Å²) in [4.78, 5) is 28.6. The van der Waals surface area contributed by atoms with Gasteiger partial charge in [0.05, 0.1) is 5.69 Å². The van der Waals surface area contributed by atoms with E-state index in [4.69, 9.17) is 10.5 Å². The van der Waals surface area contributed by atoms with Crippen LogP contribution in [0.15, 0.2) is 18.2 Å². The molecular weight excluding hydrogens is 306 g/mol. The van der Waals surface area contributed by atoms with Crippen LogP contribution >= 0.6 is 0 Å². The second-order valence-corrected chi connectivity index (χ2v) is 6.64. The van der Waals surface area contributed by atoms with E-state index in [1.165, 1.54) is 0 Å². The molecule has 0 aromatic heterocycles. The van der Waals surface area contributed by atoms with Gasteiger partial charge in [-0.2, -0.15) is 0 Å². The molecule has 2 N–H and O–H groups in total. The fourth-order valence-corrected chi connectivity index (χ4v) is 3.25. The van der Waals surface area contributed by atoms with Crippen LogP contribution in [0.4, 0.5) is 5.69 Å². The van der Waals surface area contributed by atoms with Crippen molar-refractivity contribution < 1.29 is 14.3 Å². The number of likely N-dealkylation sites (tertiary alicyclic amines) is 1. The van der Waals surface area contributed by atoms with Gasteiger partial charge in [-0.15, -0.1) is 0 Å². The van der Waals surface area contributed by atoms with Crippen LogP contribution in [0.1, 0.15) is 44.7 Å². The first-order chi connectivity index (χ1) is 11.5. The third kappa shape index (κ3) is 3.24. The normalized spacial score (nSPS) is 22.0. The lowest BCUT2D eigenvalue weighted by atomic mass is 10.1. The summed E-state index contributed by atoms with van der Waals surface area (Å²) in [6, 6.07) is 5.43. The van der Waals surface area contributed by atoms with E-state index in [-0.39, 0.29) is 24.4 Å². The van der Waals surface area contributed by atoms with Gasteiger partial charge in [0, 0.05) is 19.1 Å². The van der Waals surface area contributed by atoms with Gasteiger partial charge in [-0.05, 0) is 50.8 Å². The molecule has 2 unspecified atom stereocenters. The lowest BCUT2D eigenvalue weighted by Crippen LogP contribution is -2.50. The van der Waals surface area contributed by atoms with E-state index in [0.29, 0.717) is 11.4 Å².